The first-order valence-electron chi connectivity index (χ1n) is 16.6. The van der Waals surface area contributed by atoms with Crippen LogP contribution in [-0.4, -0.2) is 70.0 Å². The molecule has 0 radical (unpaired) electrons. The molecule has 282 valence electrons. The van der Waals surface area contributed by atoms with E-state index in [-0.39, 0.29) is 85.1 Å². The summed E-state index contributed by atoms with van der Waals surface area (Å²) < 4.78 is 39.2. The minimum Gasteiger partial charge on any atom is -0.508 e. The van der Waals surface area contributed by atoms with Crippen LogP contribution in [0.3, 0.4) is 0 Å². The number of aromatic nitrogens is 1. The predicted molar refractivity (Wildman–Crippen MR) is 197 cm³/mol. The Kier molecular flexibility index (Phi) is 7.99. The van der Waals surface area contributed by atoms with E-state index < -0.39 is 68.0 Å². The standard InChI is InChI=1S/C40H27NO14S/c42-20-5-1-17(2-6-20)9-10-41-37-33(18-3-7-25(43)27(45)11-18)39(50)23-15-30(48)28(46)13-21(23)35(37)36-22-14-29(47)31(49)16-24(22)40(51)34(38(36)41)19-4-8-26(44)32(12-19)55-56(52,53)54/h1-8,11-16,42-49H,9-10H2,(H,52,53,54). The molecule has 0 unspecified atom stereocenters. The number of fused-ring (bicyclic) bond motifs is 7. The number of carbonyl (C=O) groups is 2. The van der Waals surface area contributed by atoms with Crippen molar-refractivity contribution in [3.8, 4) is 74.0 Å². The van der Waals surface area contributed by atoms with E-state index in [1.807, 2.05) is 0 Å². The lowest BCUT2D eigenvalue weighted by Gasteiger charge is -2.21. The van der Waals surface area contributed by atoms with Gasteiger partial charge in [0.25, 0.3) is 0 Å². The van der Waals surface area contributed by atoms with Gasteiger partial charge in [0.1, 0.15) is 5.75 Å². The number of Topliss-reactive ketones (excluding diaryl/α,β-unsaturated/α-hetero) is 2. The number of phenols is 8. The van der Waals surface area contributed by atoms with E-state index in [4.69, 9.17) is 0 Å². The number of aromatic hydroxyl groups is 8. The molecule has 0 saturated carbocycles. The summed E-state index contributed by atoms with van der Waals surface area (Å²) in [5, 5.41) is 84.4. The summed E-state index contributed by atoms with van der Waals surface area (Å²) in [6.45, 7) is -0.0364. The van der Waals surface area contributed by atoms with Gasteiger partial charge in [-0.1, -0.05) is 24.3 Å². The van der Waals surface area contributed by atoms with E-state index in [0.29, 0.717) is 5.56 Å². The van der Waals surface area contributed by atoms with E-state index in [1.165, 1.54) is 24.3 Å². The van der Waals surface area contributed by atoms with Crippen molar-refractivity contribution in [3.63, 3.8) is 0 Å². The number of hydrogen-bond acceptors (Lipinski definition) is 13. The molecular weight excluding hydrogens is 750 g/mol. The van der Waals surface area contributed by atoms with Crippen LogP contribution in [0, 0.1) is 0 Å². The number of aryl methyl sites for hydroxylation is 1. The Balaban J connectivity index is 1.63. The van der Waals surface area contributed by atoms with Gasteiger partial charge in [0.15, 0.2) is 57.6 Å². The molecule has 0 spiro atoms. The molecule has 15 nitrogen and oxygen atoms in total. The van der Waals surface area contributed by atoms with Crippen LogP contribution in [0.25, 0.3) is 33.4 Å². The highest BCUT2D eigenvalue weighted by Gasteiger charge is 2.38. The zero-order chi connectivity index (χ0) is 40.0. The molecule has 6 aromatic rings. The van der Waals surface area contributed by atoms with E-state index in [0.717, 1.165) is 48.5 Å². The predicted octanol–water partition coefficient (Wildman–Crippen LogP) is 3.68. The van der Waals surface area contributed by atoms with Crippen molar-refractivity contribution in [1.82, 2.24) is 4.57 Å². The maximum absolute atomic E-state index is 14.8. The first kappa shape index (κ1) is 35.6. The van der Waals surface area contributed by atoms with Crippen molar-refractivity contribution in [2.45, 2.75) is 13.0 Å². The van der Waals surface area contributed by atoms with Crippen molar-refractivity contribution in [3.05, 3.63) is 123 Å². The lowest BCUT2D eigenvalue weighted by molar-refractivity contribution is 0.104. The van der Waals surface area contributed by atoms with Crippen LogP contribution in [-0.2, 0) is 23.4 Å². The Bertz CT molecular complexity index is 2980. The van der Waals surface area contributed by atoms with Crippen molar-refractivity contribution in [2.75, 3.05) is 0 Å². The Labute approximate surface area is 315 Å². The van der Waals surface area contributed by atoms with Crippen molar-refractivity contribution in [1.29, 1.82) is 0 Å². The molecule has 1 aromatic heterocycles. The van der Waals surface area contributed by atoms with Gasteiger partial charge in [0, 0.05) is 28.8 Å². The first-order chi connectivity index (χ1) is 26.5. The van der Waals surface area contributed by atoms with Crippen LogP contribution >= 0.6 is 0 Å². The first-order valence-corrected chi connectivity index (χ1v) is 17.9. The van der Waals surface area contributed by atoms with Gasteiger partial charge in [0.2, 0.25) is 0 Å². The van der Waals surface area contributed by atoms with E-state index in [9.17, 15) is 63.4 Å². The minimum atomic E-state index is -5.19. The van der Waals surface area contributed by atoms with Gasteiger partial charge in [-0.25, -0.2) is 0 Å². The van der Waals surface area contributed by atoms with Crippen LogP contribution in [0.15, 0.2) is 84.9 Å². The van der Waals surface area contributed by atoms with Gasteiger partial charge in [-0.2, -0.15) is 8.42 Å². The van der Waals surface area contributed by atoms with Crippen molar-refractivity contribution < 1.29 is 67.6 Å². The normalized spacial score (nSPS) is 13.2. The zero-order valence-corrected chi connectivity index (χ0v) is 29.2. The lowest BCUT2D eigenvalue weighted by atomic mass is 9.79. The molecule has 56 heavy (non-hydrogen) atoms. The third-order valence-electron chi connectivity index (χ3n) is 9.72. The second-order valence-electron chi connectivity index (χ2n) is 13.1. The van der Waals surface area contributed by atoms with Gasteiger partial charge < -0.3 is 49.6 Å². The van der Waals surface area contributed by atoms with E-state index in [1.54, 1.807) is 16.7 Å². The molecule has 0 saturated heterocycles. The Morgan fingerprint density at radius 2 is 0.964 bits per heavy atom. The highest BCUT2D eigenvalue weighted by Crippen LogP contribution is 2.46. The quantitative estimate of drug-likeness (QED) is 0.0828. The van der Waals surface area contributed by atoms with E-state index in [2.05, 4.69) is 4.18 Å². The number of phenolic OH excluding ortho intramolecular Hbond substituents is 8. The minimum absolute atomic E-state index is 0.00590. The summed E-state index contributed by atoms with van der Waals surface area (Å²) >= 11 is 0. The van der Waals surface area contributed by atoms with Crippen molar-refractivity contribution >= 4 is 33.1 Å². The summed E-state index contributed by atoms with van der Waals surface area (Å²) in [6, 6.07) is 17.5. The monoisotopic (exact) mass is 777 g/mol. The Hall–Kier alpha value is -7.43. The molecule has 2 aliphatic carbocycles. The molecule has 0 aliphatic heterocycles. The maximum atomic E-state index is 14.8. The number of benzene rings is 5. The summed E-state index contributed by atoms with van der Waals surface area (Å²) in [5.41, 5.74) is 0.593. The molecule has 1 heterocycles. The lowest BCUT2D eigenvalue weighted by Crippen LogP contribution is -2.36. The fourth-order valence-corrected chi connectivity index (χ4v) is 7.64. The Morgan fingerprint density at radius 3 is 1.45 bits per heavy atom. The molecule has 16 heteroatoms. The van der Waals surface area contributed by atoms with E-state index >= 15 is 0 Å². The Morgan fingerprint density at radius 1 is 0.518 bits per heavy atom. The van der Waals surface area contributed by atoms with Gasteiger partial charge in [-0.15, -0.1) is 0 Å². The second-order valence-corrected chi connectivity index (χ2v) is 14.1. The van der Waals surface area contributed by atoms with Crippen LogP contribution in [0.4, 0.5) is 0 Å². The number of rotatable bonds is 7. The fraction of sp³-hybridized carbons (Fsp3) is 0.0500. The van der Waals surface area contributed by atoms with Crippen LogP contribution < -0.4 is 14.9 Å². The summed E-state index contributed by atoms with van der Waals surface area (Å²) in [5.74, 6) is -6.62. The molecule has 5 aromatic carbocycles. The molecular formula is C40H27NO14S. The number of ketones is 2. The molecule has 2 aliphatic rings. The van der Waals surface area contributed by atoms with Gasteiger partial charge in [-0.3, -0.25) is 14.1 Å². The van der Waals surface area contributed by atoms with Gasteiger partial charge >= 0.3 is 10.4 Å². The van der Waals surface area contributed by atoms with Crippen LogP contribution in [0.2, 0.25) is 0 Å². The van der Waals surface area contributed by atoms with Gasteiger partial charge in [-0.05, 0) is 94.9 Å². The largest absolute Gasteiger partial charge is 0.508 e. The second kappa shape index (κ2) is 12.6. The highest BCUT2D eigenvalue weighted by atomic mass is 32.3. The molecule has 0 fully saturated rings. The third kappa shape index (κ3) is 5.67. The molecule has 0 amide bonds. The van der Waals surface area contributed by atoms with Crippen LogP contribution in [0.5, 0.6) is 51.7 Å². The summed E-state index contributed by atoms with van der Waals surface area (Å²) in [6.07, 6.45) is 0.186. The summed E-state index contributed by atoms with van der Waals surface area (Å²) in [7, 11) is -5.19. The number of nitrogens with zero attached hydrogens (tertiary/aromatic N) is 1. The average Bonchev–Trinajstić information content (AvgIpc) is 3.46. The molecule has 8 rings (SSSR count). The molecule has 0 bridgehead atoms. The van der Waals surface area contributed by atoms with Crippen molar-refractivity contribution in [2.24, 2.45) is 0 Å². The average molecular weight is 778 g/mol. The third-order valence-corrected chi connectivity index (χ3v) is 10.1. The summed E-state index contributed by atoms with van der Waals surface area (Å²) in [4.78, 5) is 29.5. The smallest absolute Gasteiger partial charge is 0.446 e. The topological polar surface area (TPSA) is 265 Å². The number of carbonyl (C=O) groups excluding carboxylic acids is 2. The SMILES string of the molecule is O=C1C(c2ccc(O)c(O)c2)=c2c(c3c(n2CCc2ccc(O)cc2)=C(c2ccc(O)c(OS(=O)(=O)O)c2)C(=O)c2cc(O)c(O)cc2-3)-c2cc(O)c(O)cc21. The molecule has 0 atom stereocenters. The number of hydrogen-bond donors (Lipinski definition) is 9. The zero-order valence-electron chi connectivity index (χ0n) is 28.4. The van der Waals surface area contributed by atoms with Gasteiger partial charge in [0.05, 0.1) is 21.8 Å². The molecule has 9 N–H and O–H groups in total. The highest BCUT2D eigenvalue weighted by molar-refractivity contribution is 7.81. The van der Waals surface area contributed by atoms with Crippen LogP contribution in [0.1, 0.15) is 37.4 Å². The maximum Gasteiger partial charge on any atom is 0.446 e. The fourth-order valence-electron chi connectivity index (χ4n) is 7.28.